The van der Waals surface area contributed by atoms with Crippen molar-refractivity contribution in [1.82, 2.24) is 10.2 Å². The topological polar surface area (TPSA) is 101 Å². The van der Waals surface area contributed by atoms with Crippen LogP contribution in [0.5, 0.6) is 5.75 Å². The zero-order valence-corrected chi connectivity index (χ0v) is 14.1. The van der Waals surface area contributed by atoms with Gasteiger partial charge in [0.1, 0.15) is 10.8 Å². The van der Waals surface area contributed by atoms with E-state index in [0.29, 0.717) is 18.2 Å². The third-order valence-corrected chi connectivity index (χ3v) is 3.97. The molecule has 0 saturated heterocycles. The first-order valence-electron chi connectivity index (χ1n) is 7.56. The van der Waals surface area contributed by atoms with Crippen LogP contribution in [0.1, 0.15) is 29.8 Å². The van der Waals surface area contributed by atoms with Gasteiger partial charge < -0.3 is 15.2 Å². The number of amides is 1. The Morgan fingerprint density at radius 1 is 1.29 bits per heavy atom. The molecule has 7 nitrogen and oxygen atoms in total. The number of hydrogen-bond donors (Lipinski definition) is 2. The molecule has 0 aliphatic heterocycles. The molecule has 2 aromatic rings. The molecule has 0 saturated carbocycles. The van der Waals surface area contributed by atoms with E-state index in [1.54, 1.807) is 0 Å². The summed E-state index contributed by atoms with van der Waals surface area (Å²) in [5.74, 6) is -0.529. The second-order valence-corrected chi connectivity index (χ2v) is 6.27. The van der Waals surface area contributed by atoms with Crippen LogP contribution in [0.2, 0.25) is 0 Å². The molecule has 0 atom stereocenters. The van der Waals surface area contributed by atoms with Crippen molar-refractivity contribution in [3.8, 4) is 5.75 Å². The van der Waals surface area contributed by atoms with Gasteiger partial charge in [-0.25, -0.2) is 0 Å². The van der Waals surface area contributed by atoms with Gasteiger partial charge >= 0.3 is 5.97 Å². The number of rotatable bonds is 9. The number of aromatic nitrogens is 2. The molecule has 2 rings (SSSR count). The number of aryl methyl sites for hydroxylation is 2. The van der Waals surface area contributed by atoms with E-state index in [2.05, 4.69) is 15.5 Å². The van der Waals surface area contributed by atoms with Crippen molar-refractivity contribution in [3.63, 3.8) is 0 Å². The summed E-state index contributed by atoms with van der Waals surface area (Å²) < 4.78 is 5.67. The van der Waals surface area contributed by atoms with Crippen molar-refractivity contribution in [2.45, 2.75) is 32.6 Å². The summed E-state index contributed by atoms with van der Waals surface area (Å²) in [5, 5.41) is 20.2. The fourth-order valence-electron chi connectivity index (χ4n) is 1.93. The predicted octanol–water partition coefficient (Wildman–Crippen LogP) is 2.66. The lowest BCUT2D eigenvalue weighted by Crippen LogP contribution is -2.12. The van der Waals surface area contributed by atoms with E-state index in [9.17, 15) is 9.59 Å². The van der Waals surface area contributed by atoms with Gasteiger partial charge in [-0.15, -0.1) is 10.2 Å². The minimum absolute atomic E-state index is 0.0748. The molecule has 0 fully saturated rings. The third kappa shape index (κ3) is 6.33. The average Bonchev–Trinajstić information content (AvgIpc) is 2.97. The van der Waals surface area contributed by atoms with Crippen molar-refractivity contribution in [3.05, 3.63) is 34.8 Å². The van der Waals surface area contributed by atoms with Crippen molar-refractivity contribution >= 4 is 28.3 Å². The van der Waals surface area contributed by atoms with Crippen LogP contribution in [0.4, 0.5) is 5.13 Å². The van der Waals surface area contributed by atoms with Crippen molar-refractivity contribution in [2.24, 2.45) is 0 Å². The number of carbonyl (C=O) groups is 2. The van der Waals surface area contributed by atoms with E-state index in [1.165, 1.54) is 11.3 Å². The maximum Gasteiger partial charge on any atom is 0.303 e. The molecular formula is C16H19N3O4S. The second kappa shape index (κ2) is 8.97. The minimum atomic E-state index is -1.00. The molecule has 0 aliphatic carbocycles. The molecule has 0 unspecified atom stereocenters. The molecule has 1 aromatic heterocycles. The lowest BCUT2D eigenvalue weighted by Gasteiger charge is -2.05. The second-order valence-electron chi connectivity index (χ2n) is 5.21. The zero-order chi connectivity index (χ0) is 17.4. The van der Waals surface area contributed by atoms with Crippen molar-refractivity contribution in [2.75, 3.05) is 11.9 Å². The lowest BCUT2D eigenvalue weighted by atomic mass is 10.2. The normalized spacial score (nSPS) is 10.4. The van der Waals surface area contributed by atoms with E-state index in [4.69, 9.17) is 9.84 Å². The summed E-state index contributed by atoms with van der Waals surface area (Å²) in [6.07, 6.45) is 1.21. The summed E-state index contributed by atoms with van der Waals surface area (Å²) in [6.45, 7) is 2.59. The van der Waals surface area contributed by atoms with Crippen LogP contribution in [-0.2, 0) is 16.0 Å². The average molecular weight is 349 g/mol. The fraction of sp³-hybridized carbons (Fsp3) is 0.375. The number of carbonyl (C=O) groups excluding carboxylic acids is 1. The van der Waals surface area contributed by atoms with E-state index < -0.39 is 5.97 Å². The number of benzene rings is 1. The SMILES string of the molecule is Cc1cccc(OCCCc2nnc(NC(=O)CCC(=O)O)s2)c1. The van der Waals surface area contributed by atoms with Crippen LogP contribution >= 0.6 is 11.3 Å². The van der Waals surface area contributed by atoms with Gasteiger partial charge in [0, 0.05) is 12.8 Å². The number of anilines is 1. The molecule has 1 amide bonds. The number of hydrogen-bond acceptors (Lipinski definition) is 6. The number of ether oxygens (including phenoxy) is 1. The maximum atomic E-state index is 11.5. The summed E-state index contributed by atoms with van der Waals surface area (Å²) in [7, 11) is 0. The van der Waals surface area contributed by atoms with Gasteiger partial charge in [0.25, 0.3) is 0 Å². The summed E-state index contributed by atoms with van der Waals surface area (Å²) >= 11 is 1.29. The monoisotopic (exact) mass is 349 g/mol. The fourth-order valence-corrected chi connectivity index (χ4v) is 2.72. The molecule has 8 heteroatoms. The minimum Gasteiger partial charge on any atom is -0.494 e. The molecule has 0 bridgehead atoms. The number of aliphatic carboxylic acids is 1. The van der Waals surface area contributed by atoms with Crippen molar-refractivity contribution < 1.29 is 19.4 Å². The Labute approximate surface area is 143 Å². The highest BCUT2D eigenvalue weighted by atomic mass is 32.1. The van der Waals surface area contributed by atoms with E-state index in [1.807, 2.05) is 31.2 Å². The number of carboxylic acid groups (broad SMARTS) is 1. The van der Waals surface area contributed by atoms with Gasteiger partial charge in [-0.3, -0.25) is 9.59 Å². The van der Waals surface area contributed by atoms with Crippen LogP contribution < -0.4 is 10.1 Å². The van der Waals surface area contributed by atoms with E-state index in [-0.39, 0.29) is 18.7 Å². The lowest BCUT2D eigenvalue weighted by molar-refractivity contribution is -0.138. The largest absolute Gasteiger partial charge is 0.494 e. The highest BCUT2D eigenvalue weighted by Crippen LogP contribution is 2.18. The first-order chi connectivity index (χ1) is 11.5. The predicted molar refractivity (Wildman–Crippen MR) is 90.4 cm³/mol. The quantitative estimate of drug-likeness (QED) is 0.675. The third-order valence-electron chi connectivity index (χ3n) is 3.07. The first-order valence-corrected chi connectivity index (χ1v) is 8.38. The number of carboxylic acids is 1. The zero-order valence-electron chi connectivity index (χ0n) is 13.3. The molecule has 0 spiro atoms. The molecule has 1 heterocycles. The Balaban J connectivity index is 1.69. The Kier molecular flexibility index (Phi) is 6.68. The van der Waals surface area contributed by atoms with Gasteiger partial charge in [0.2, 0.25) is 11.0 Å². The molecule has 128 valence electrons. The summed E-state index contributed by atoms with van der Waals surface area (Å²) in [6, 6.07) is 7.87. The molecule has 24 heavy (non-hydrogen) atoms. The van der Waals surface area contributed by atoms with Gasteiger partial charge in [-0.05, 0) is 31.0 Å². The standard InChI is InChI=1S/C16H19N3O4S/c1-11-4-2-5-12(10-11)23-9-3-6-14-18-19-16(24-14)17-13(20)7-8-15(21)22/h2,4-5,10H,3,6-9H2,1H3,(H,21,22)(H,17,19,20). The van der Waals surface area contributed by atoms with Gasteiger partial charge in [-0.1, -0.05) is 23.5 Å². The molecule has 1 aromatic carbocycles. The Morgan fingerprint density at radius 3 is 2.88 bits per heavy atom. The van der Waals surface area contributed by atoms with Crippen LogP contribution in [0.3, 0.4) is 0 Å². The van der Waals surface area contributed by atoms with E-state index in [0.717, 1.165) is 22.7 Å². The van der Waals surface area contributed by atoms with E-state index >= 15 is 0 Å². The maximum absolute atomic E-state index is 11.5. The van der Waals surface area contributed by atoms with Gasteiger partial charge in [0.15, 0.2) is 0 Å². The number of nitrogens with zero attached hydrogens (tertiary/aromatic N) is 2. The Morgan fingerprint density at radius 2 is 2.12 bits per heavy atom. The Hall–Kier alpha value is -2.48. The smallest absolute Gasteiger partial charge is 0.303 e. The molecule has 0 aliphatic rings. The molecule has 2 N–H and O–H groups in total. The van der Waals surface area contributed by atoms with Crippen LogP contribution in [0.25, 0.3) is 0 Å². The van der Waals surface area contributed by atoms with Crippen molar-refractivity contribution in [1.29, 1.82) is 0 Å². The number of nitrogens with one attached hydrogen (secondary N) is 1. The van der Waals surface area contributed by atoms with Crippen LogP contribution in [0.15, 0.2) is 24.3 Å². The highest BCUT2D eigenvalue weighted by molar-refractivity contribution is 7.15. The first kappa shape index (κ1) is 17.9. The van der Waals surface area contributed by atoms with Gasteiger partial charge in [0.05, 0.1) is 13.0 Å². The van der Waals surface area contributed by atoms with Crippen LogP contribution in [0, 0.1) is 6.92 Å². The summed E-state index contributed by atoms with van der Waals surface area (Å²) in [5.41, 5.74) is 1.15. The molecular weight excluding hydrogens is 330 g/mol. The highest BCUT2D eigenvalue weighted by Gasteiger charge is 2.09. The summed E-state index contributed by atoms with van der Waals surface area (Å²) in [4.78, 5) is 21.9. The molecule has 0 radical (unpaired) electrons. The van der Waals surface area contributed by atoms with Gasteiger partial charge in [-0.2, -0.15) is 0 Å². The van der Waals surface area contributed by atoms with Crippen LogP contribution in [-0.4, -0.2) is 33.8 Å². The Bertz CT molecular complexity index is 702.